The third-order valence-corrected chi connectivity index (χ3v) is 3.26. The van der Waals surface area contributed by atoms with Gasteiger partial charge < -0.3 is 9.80 Å². The van der Waals surface area contributed by atoms with Gasteiger partial charge in [-0.2, -0.15) is 0 Å². The highest BCUT2D eigenvalue weighted by Crippen LogP contribution is 2.23. The number of hydrogen-bond donors (Lipinski definition) is 0. The maximum Gasteiger partial charge on any atom is 0.255 e. The number of pyridine rings is 1. The zero-order chi connectivity index (χ0) is 15.5. The smallest absolute Gasteiger partial charge is 0.255 e. The van der Waals surface area contributed by atoms with Gasteiger partial charge in [-0.3, -0.25) is 9.78 Å². The van der Waals surface area contributed by atoms with E-state index in [0.717, 1.165) is 17.8 Å². The molecule has 0 N–H and O–H groups in total. The Hall–Kier alpha value is -1.42. The fraction of sp³-hybridized carbons (Fsp3) is 0.625. The summed E-state index contributed by atoms with van der Waals surface area (Å²) in [6.45, 7) is 9.98. The van der Waals surface area contributed by atoms with Crippen LogP contribution < -0.4 is 0 Å². The Balaban J connectivity index is 2.87. The van der Waals surface area contributed by atoms with Crippen molar-refractivity contribution in [2.45, 2.75) is 33.1 Å². The quantitative estimate of drug-likeness (QED) is 0.847. The van der Waals surface area contributed by atoms with Crippen LogP contribution >= 0.6 is 0 Å². The summed E-state index contributed by atoms with van der Waals surface area (Å²) in [7, 11) is 5.84. The first-order valence-electron chi connectivity index (χ1n) is 7.00. The van der Waals surface area contributed by atoms with E-state index in [-0.39, 0.29) is 11.3 Å². The molecule has 1 amide bonds. The molecule has 0 bridgehead atoms. The molecule has 4 nitrogen and oxygen atoms in total. The second-order valence-electron chi connectivity index (χ2n) is 6.67. The molecule has 0 aromatic carbocycles. The molecule has 1 aromatic rings. The highest BCUT2D eigenvalue weighted by Gasteiger charge is 2.20. The Bertz CT molecular complexity index is 475. The molecule has 1 heterocycles. The molecule has 0 atom stereocenters. The van der Waals surface area contributed by atoms with Gasteiger partial charge in [0.05, 0.1) is 5.56 Å². The minimum absolute atomic E-state index is 0.00247. The Morgan fingerprint density at radius 1 is 1.20 bits per heavy atom. The number of amides is 1. The SMILES string of the molecule is Cc1cc(C(=O)N(C)CCN(C)C)cnc1C(C)(C)C. The molecule has 112 valence electrons. The van der Waals surface area contributed by atoms with Crippen LogP contribution in [0.3, 0.4) is 0 Å². The number of likely N-dealkylation sites (N-methyl/N-ethyl adjacent to an activating group) is 2. The first kappa shape index (κ1) is 16.6. The van der Waals surface area contributed by atoms with E-state index in [1.165, 1.54) is 0 Å². The number of carbonyl (C=O) groups excluding carboxylic acids is 1. The van der Waals surface area contributed by atoms with Crippen LogP contribution in [0.4, 0.5) is 0 Å². The third-order valence-electron chi connectivity index (χ3n) is 3.26. The maximum absolute atomic E-state index is 12.3. The van der Waals surface area contributed by atoms with Gasteiger partial charge in [0.15, 0.2) is 0 Å². The second-order valence-corrected chi connectivity index (χ2v) is 6.67. The van der Waals surface area contributed by atoms with Gasteiger partial charge in [-0.15, -0.1) is 0 Å². The number of carbonyl (C=O) groups is 1. The molecule has 0 fully saturated rings. The van der Waals surface area contributed by atoms with E-state index in [4.69, 9.17) is 0 Å². The minimum atomic E-state index is 0.00247. The van der Waals surface area contributed by atoms with Crippen molar-refractivity contribution in [3.05, 3.63) is 29.1 Å². The summed E-state index contributed by atoms with van der Waals surface area (Å²) in [5.41, 5.74) is 2.79. The molecule has 0 aliphatic heterocycles. The molecule has 0 aliphatic rings. The second kappa shape index (κ2) is 6.35. The largest absolute Gasteiger partial charge is 0.340 e. The zero-order valence-electron chi connectivity index (χ0n) is 13.8. The molecule has 0 saturated heterocycles. The number of aryl methyl sites for hydroxylation is 1. The van der Waals surface area contributed by atoms with Gasteiger partial charge in [0.2, 0.25) is 0 Å². The number of aromatic nitrogens is 1. The van der Waals surface area contributed by atoms with Crippen molar-refractivity contribution in [3.8, 4) is 0 Å². The molecule has 0 unspecified atom stereocenters. The van der Waals surface area contributed by atoms with Gasteiger partial charge in [0, 0.05) is 37.4 Å². The van der Waals surface area contributed by atoms with E-state index < -0.39 is 0 Å². The van der Waals surface area contributed by atoms with E-state index >= 15 is 0 Å². The highest BCUT2D eigenvalue weighted by molar-refractivity contribution is 5.94. The van der Waals surface area contributed by atoms with Gasteiger partial charge in [-0.25, -0.2) is 0 Å². The lowest BCUT2D eigenvalue weighted by Gasteiger charge is -2.22. The van der Waals surface area contributed by atoms with Crippen LogP contribution in [0.2, 0.25) is 0 Å². The monoisotopic (exact) mass is 277 g/mol. The van der Waals surface area contributed by atoms with E-state index in [1.54, 1.807) is 11.1 Å². The molecule has 1 rings (SSSR count). The summed E-state index contributed by atoms with van der Waals surface area (Å²) in [5.74, 6) is 0.0305. The van der Waals surface area contributed by atoms with E-state index in [1.807, 2.05) is 34.1 Å². The average Bonchev–Trinajstić information content (AvgIpc) is 2.33. The molecule has 0 aliphatic carbocycles. The third kappa shape index (κ3) is 4.30. The maximum atomic E-state index is 12.3. The van der Waals surface area contributed by atoms with Gasteiger partial charge in [0.25, 0.3) is 5.91 Å². The summed E-state index contributed by atoms with van der Waals surface area (Å²) in [4.78, 5) is 20.6. The fourth-order valence-electron chi connectivity index (χ4n) is 2.15. The summed E-state index contributed by atoms with van der Waals surface area (Å²) in [6.07, 6.45) is 1.70. The van der Waals surface area contributed by atoms with E-state index in [0.29, 0.717) is 12.1 Å². The van der Waals surface area contributed by atoms with Crippen LogP contribution in [-0.2, 0) is 5.41 Å². The highest BCUT2D eigenvalue weighted by atomic mass is 16.2. The minimum Gasteiger partial charge on any atom is -0.340 e. The van der Waals surface area contributed by atoms with Crippen LogP contribution in [-0.4, -0.2) is 54.9 Å². The van der Waals surface area contributed by atoms with Crippen LogP contribution in [0.5, 0.6) is 0 Å². The molecule has 4 heteroatoms. The standard InChI is InChI=1S/C16H27N3O/c1-12-10-13(11-17-14(12)16(2,3)4)15(20)19(7)9-8-18(5)6/h10-11H,8-9H2,1-7H3. The molecular formula is C16H27N3O. The Morgan fingerprint density at radius 3 is 2.25 bits per heavy atom. The normalized spacial score (nSPS) is 11.8. The predicted octanol–water partition coefficient (Wildman–Crippen LogP) is 2.32. The van der Waals surface area contributed by atoms with Gasteiger partial charge >= 0.3 is 0 Å². The lowest BCUT2D eigenvalue weighted by atomic mass is 9.88. The Labute approximate surface area is 122 Å². The number of rotatable bonds is 4. The number of nitrogens with zero attached hydrogens (tertiary/aromatic N) is 3. The van der Waals surface area contributed by atoms with Crippen molar-refractivity contribution in [1.82, 2.24) is 14.8 Å². The van der Waals surface area contributed by atoms with E-state index in [2.05, 4.69) is 30.7 Å². The van der Waals surface area contributed by atoms with Crippen LogP contribution in [0, 0.1) is 6.92 Å². The zero-order valence-corrected chi connectivity index (χ0v) is 13.8. The van der Waals surface area contributed by atoms with Crippen molar-refractivity contribution in [1.29, 1.82) is 0 Å². The van der Waals surface area contributed by atoms with Gasteiger partial charge in [-0.05, 0) is 32.6 Å². The van der Waals surface area contributed by atoms with Crippen molar-refractivity contribution < 1.29 is 4.79 Å². The topological polar surface area (TPSA) is 36.4 Å². The van der Waals surface area contributed by atoms with E-state index in [9.17, 15) is 4.79 Å². The van der Waals surface area contributed by atoms with Crippen molar-refractivity contribution >= 4 is 5.91 Å². The Morgan fingerprint density at radius 2 is 1.80 bits per heavy atom. The average molecular weight is 277 g/mol. The lowest BCUT2D eigenvalue weighted by Crippen LogP contribution is -2.33. The molecule has 20 heavy (non-hydrogen) atoms. The summed E-state index contributed by atoms with van der Waals surface area (Å²) < 4.78 is 0. The first-order chi connectivity index (χ1) is 9.12. The number of hydrogen-bond acceptors (Lipinski definition) is 3. The summed E-state index contributed by atoms with van der Waals surface area (Å²) in [5, 5.41) is 0. The van der Waals surface area contributed by atoms with Gasteiger partial charge in [-0.1, -0.05) is 20.8 Å². The molecule has 0 saturated carbocycles. The van der Waals surface area contributed by atoms with Crippen LogP contribution in [0.15, 0.2) is 12.3 Å². The van der Waals surface area contributed by atoms with Crippen molar-refractivity contribution in [2.75, 3.05) is 34.2 Å². The molecule has 0 spiro atoms. The Kier molecular flexibility index (Phi) is 5.28. The summed E-state index contributed by atoms with van der Waals surface area (Å²) in [6, 6.07) is 1.95. The molecule has 1 aromatic heterocycles. The lowest BCUT2D eigenvalue weighted by molar-refractivity contribution is 0.0785. The molecular weight excluding hydrogens is 250 g/mol. The fourth-order valence-corrected chi connectivity index (χ4v) is 2.15. The van der Waals surface area contributed by atoms with Crippen LogP contribution in [0.1, 0.15) is 42.4 Å². The van der Waals surface area contributed by atoms with Crippen LogP contribution in [0.25, 0.3) is 0 Å². The van der Waals surface area contributed by atoms with Gasteiger partial charge in [0.1, 0.15) is 0 Å². The van der Waals surface area contributed by atoms with Crippen molar-refractivity contribution in [2.24, 2.45) is 0 Å². The predicted molar refractivity (Wildman–Crippen MR) is 83.2 cm³/mol. The summed E-state index contributed by atoms with van der Waals surface area (Å²) >= 11 is 0. The molecule has 0 radical (unpaired) electrons. The van der Waals surface area contributed by atoms with Crippen molar-refractivity contribution in [3.63, 3.8) is 0 Å². The first-order valence-corrected chi connectivity index (χ1v) is 7.00.